The molecule has 0 spiro atoms. The van der Waals surface area contributed by atoms with Gasteiger partial charge in [-0.3, -0.25) is 0 Å². The molecule has 0 saturated heterocycles. The van der Waals surface area contributed by atoms with Crippen molar-refractivity contribution in [1.29, 1.82) is 0 Å². The van der Waals surface area contributed by atoms with Crippen LogP contribution in [0.3, 0.4) is 0 Å². The lowest BCUT2D eigenvalue weighted by molar-refractivity contribution is 0.901. The number of fused-ring (bicyclic) bond motifs is 1. The third-order valence-electron chi connectivity index (χ3n) is 3.24. The van der Waals surface area contributed by atoms with E-state index in [2.05, 4.69) is 26.0 Å². The van der Waals surface area contributed by atoms with E-state index in [1.807, 2.05) is 27.7 Å². The average Bonchev–Trinajstić information content (AvgIpc) is 2.91. The fraction of sp³-hybridized carbons (Fsp3) is 0.647. The maximum absolute atomic E-state index is 2.34. The van der Waals surface area contributed by atoms with Gasteiger partial charge < -0.3 is 0 Å². The summed E-state index contributed by atoms with van der Waals surface area (Å²) in [6.07, 6.45) is 6.43. The van der Waals surface area contributed by atoms with E-state index in [-0.39, 0.29) is 0 Å². The molecule has 17 heavy (non-hydrogen) atoms. The first-order valence-electron chi connectivity index (χ1n) is 7.49. The molecule has 0 heterocycles. The highest BCUT2D eigenvalue weighted by atomic mass is 14.2. The van der Waals surface area contributed by atoms with Crippen LogP contribution in [-0.4, -0.2) is 0 Å². The predicted octanol–water partition coefficient (Wildman–Crippen LogP) is 5.35. The Bertz CT molecular complexity index is 279. The van der Waals surface area contributed by atoms with Gasteiger partial charge in [-0.05, 0) is 54.4 Å². The summed E-state index contributed by atoms with van der Waals surface area (Å²) in [7, 11) is 0. The minimum Gasteiger partial charge on any atom is -0.0683 e. The zero-order valence-electron chi connectivity index (χ0n) is 12.7. The van der Waals surface area contributed by atoms with Gasteiger partial charge in [0.2, 0.25) is 0 Å². The molecule has 0 aliphatic heterocycles. The molecule has 0 aromatic heterocycles. The summed E-state index contributed by atoms with van der Waals surface area (Å²) < 4.78 is 0. The van der Waals surface area contributed by atoms with Crippen LogP contribution in [0.4, 0.5) is 0 Å². The molecule has 0 amide bonds. The Morgan fingerprint density at radius 3 is 1.41 bits per heavy atom. The normalized spacial score (nSPS) is 11.9. The number of benzene rings is 1. The standard InChI is InChI=1S/C13H18.2C2H6/c1-3-10-8-9-11(4-2)13-7-5-6-12(10)13;2*1-2/h8-9H,3-7H2,1-2H3;2*1-2H3. The van der Waals surface area contributed by atoms with Crippen LogP contribution in [0, 0.1) is 0 Å². The molecule has 1 aliphatic rings. The summed E-state index contributed by atoms with van der Waals surface area (Å²) >= 11 is 0. The molecule has 0 nitrogen and oxygen atoms in total. The van der Waals surface area contributed by atoms with Crippen molar-refractivity contribution >= 4 is 0 Å². The number of hydrogen-bond donors (Lipinski definition) is 0. The van der Waals surface area contributed by atoms with Gasteiger partial charge in [-0.2, -0.15) is 0 Å². The van der Waals surface area contributed by atoms with E-state index in [0.717, 1.165) is 0 Å². The maximum Gasteiger partial charge on any atom is -0.0270 e. The van der Waals surface area contributed by atoms with E-state index in [1.54, 1.807) is 22.3 Å². The lowest BCUT2D eigenvalue weighted by Crippen LogP contribution is -1.96. The quantitative estimate of drug-likeness (QED) is 0.647. The molecule has 0 unspecified atom stereocenters. The van der Waals surface area contributed by atoms with E-state index < -0.39 is 0 Å². The SMILES string of the molecule is CC.CC.CCc1ccc(CC)c2c1CCC2. The van der Waals surface area contributed by atoms with Gasteiger partial charge in [0.25, 0.3) is 0 Å². The third kappa shape index (κ3) is 3.87. The van der Waals surface area contributed by atoms with Crippen molar-refractivity contribution in [1.82, 2.24) is 0 Å². The van der Waals surface area contributed by atoms with E-state index in [1.165, 1.54) is 32.1 Å². The molecular formula is C17H30. The summed E-state index contributed by atoms with van der Waals surface area (Å²) in [6.45, 7) is 12.5. The topological polar surface area (TPSA) is 0 Å². The first kappa shape index (κ1) is 16.2. The Balaban J connectivity index is 0.000000581. The summed E-state index contributed by atoms with van der Waals surface area (Å²) in [5, 5.41) is 0. The van der Waals surface area contributed by atoms with Crippen LogP contribution in [-0.2, 0) is 25.7 Å². The number of rotatable bonds is 2. The molecule has 2 rings (SSSR count). The Morgan fingerprint density at radius 1 is 0.765 bits per heavy atom. The van der Waals surface area contributed by atoms with Crippen LogP contribution in [0.5, 0.6) is 0 Å². The Kier molecular flexibility index (Phi) is 8.85. The third-order valence-corrected chi connectivity index (χ3v) is 3.24. The van der Waals surface area contributed by atoms with E-state index in [0.29, 0.717) is 0 Å². The molecule has 0 heteroatoms. The molecule has 0 N–H and O–H groups in total. The first-order chi connectivity index (χ1) is 8.36. The number of hydrogen-bond acceptors (Lipinski definition) is 0. The van der Waals surface area contributed by atoms with Gasteiger partial charge in [0.1, 0.15) is 0 Å². The molecule has 1 aromatic rings. The van der Waals surface area contributed by atoms with Crippen molar-refractivity contribution in [3.05, 3.63) is 34.4 Å². The maximum atomic E-state index is 2.34. The first-order valence-corrected chi connectivity index (χ1v) is 7.49. The molecule has 98 valence electrons. The van der Waals surface area contributed by atoms with Crippen molar-refractivity contribution in [2.75, 3.05) is 0 Å². The predicted molar refractivity (Wildman–Crippen MR) is 79.9 cm³/mol. The smallest absolute Gasteiger partial charge is 0.0270 e. The second-order valence-electron chi connectivity index (χ2n) is 3.90. The van der Waals surface area contributed by atoms with Crippen molar-refractivity contribution in [2.45, 2.75) is 73.6 Å². The minimum atomic E-state index is 1.20. The average molecular weight is 234 g/mol. The van der Waals surface area contributed by atoms with E-state index in [4.69, 9.17) is 0 Å². The summed E-state index contributed by atoms with van der Waals surface area (Å²) in [5.74, 6) is 0. The lowest BCUT2D eigenvalue weighted by Gasteiger charge is -2.10. The van der Waals surface area contributed by atoms with Gasteiger partial charge in [0, 0.05) is 0 Å². The molecule has 0 atom stereocenters. The zero-order valence-corrected chi connectivity index (χ0v) is 12.7. The van der Waals surface area contributed by atoms with Gasteiger partial charge in [-0.15, -0.1) is 0 Å². The van der Waals surface area contributed by atoms with Gasteiger partial charge in [0.05, 0.1) is 0 Å². The molecule has 0 fully saturated rings. The number of aryl methyl sites for hydroxylation is 2. The van der Waals surface area contributed by atoms with Crippen LogP contribution >= 0.6 is 0 Å². The summed E-state index contributed by atoms with van der Waals surface area (Å²) in [5.41, 5.74) is 6.54. The highest BCUT2D eigenvalue weighted by molar-refractivity contribution is 5.44. The molecular weight excluding hydrogens is 204 g/mol. The van der Waals surface area contributed by atoms with Crippen LogP contribution in [0.15, 0.2) is 12.1 Å². The van der Waals surface area contributed by atoms with E-state index in [9.17, 15) is 0 Å². The van der Waals surface area contributed by atoms with Gasteiger partial charge in [-0.25, -0.2) is 0 Å². The Morgan fingerprint density at radius 2 is 1.12 bits per heavy atom. The second kappa shape index (κ2) is 9.27. The zero-order chi connectivity index (χ0) is 13.3. The monoisotopic (exact) mass is 234 g/mol. The Hall–Kier alpha value is -0.780. The fourth-order valence-electron chi connectivity index (χ4n) is 2.52. The summed E-state index contributed by atoms with van der Waals surface area (Å²) in [4.78, 5) is 0. The molecule has 1 aliphatic carbocycles. The van der Waals surface area contributed by atoms with Crippen molar-refractivity contribution in [3.8, 4) is 0 Å². The van der Waals surface area contributed by atoms with Gasteiger partial charge in [0.15, 0.2) is 0 Å². The Labute approximate surface area is 108 Å². The minimum absolute atomic E-state index is 1.20. The summed E-state index contributed by atoms with van der Waals surface area (Å²) in [6, 6.07) is 4.67. The highest BCUT2D eigenvalue weighted by Gasteiger charge is 2.16. The van der Waals surface area contributed by atoms with Crippen LogP contribution in [0.1, 0.15) is 70.2 Å². The highest BCUT2D eigenvalue weighted by Crippen LogP contribution is 2.29. The molecule has 0 radical (unpaired) electrons. The second-order valence-corrected chi connectivity index (χ2v) is 3.90. The molecule has 0 saturated carbocycles. The fourth-order valence-corrected chi connectivity index (χ4v) is 2.52. The van der Waals surface area contributed by atoms with Gasteiger partial charge in [-0.1, -0.05) is 53.7 Å². The van der Waals surface area contributed by atoms with Crippen molar-refractivity contribution < 1.29 is 0 Å². The van der Waals surface area contributed by atoms with Crippen LogP contribution in [0.25, 0.3) is 0 Å². The van der Waals surface area contributed by atoms with Crippen molar-refractivity contribution in [2.24, 2.45) is 0 Å². The van der Waals surface area contributed by atoms with Gasteiger partial charge >= 0.3 is 0 Å². The lowest BCUT2D eigenvalue weighted by atomic mass is 9.96. The van der Waals surface area contributed by atoms with Crippen molar-refractivity contribution in [3.63, 3.8) is 0 Å². The van der Waals surface area contributed by atoms with E-state index >= 15 is 0 Å². The van der Waals surface area contributed by atoms with Crippen LogP contribution in [0.2, 0.25) is 0 Å². The largest absolute Gasteiger partial charge is 0.0683 e. The molecule has 1 aromatic carbocycles. The molecule has 0 bridgehead atoms. The van der Waals surface area contributed by atoms with Crippen LogP contribution < -0.4 is 0 Å².